The number of ether oxygens (including phenoxy) is 1. The van der Waals surface area contributed by atoms with Crippen LogP contribution in [0.1, 0.15) is 61.6 Å². The first kappa shape index (κ1) is 31.2. The molecule has 218 valence electrons. The highest BCUT2D eigenvalue weighted by Crippen LogP contribution is 2.28. The summed E-state index contributed by atoms with van der Waals surface area (Å²) in [6, 6.07) is 17.7. The molecule has 0 spiro atoms. The van der Waals surface area contributed by atoms with Gasteiger partial charge in [-0.15, -0.1) is 0 Å². The summed E-state index contributed by atoms with van der Waals surface area (Å²) in [5.41, 5.74) is 4.08. The predicted molar refractivity (Wildman–Crippen MR) is 161 cm³/mol. The Hall–Kier alpha value is -4.33. The summed E-state index contributed by atoms with van der Waals surface area (Å²) >= 11 is 0. The molecule has 8 nitrogen and oxygen atoms in total. The zero-order valence-corrected chi connectivity index (χ0v) is 24.9. The lowest BCUT2D eigenvalue weighted by atomic mass is 9.98. The minimum absolute atomic E-state index is 0.0922. The minimum atomic E-state index is -1.03. The fourth-order valence-electron chi connectivity index (χ4n) is 4.70. The van der Waals surface area contributed by atoms with E-state index in [1.807, 2.05) is 63.2 Å². The van der Waals surface area contributed by atoms with E-state index in [2.05, 4.69) is 10.6 Å². The number of phenolic OH excluding ortho intramolecular Hbond substituents is 1. The van der Waals surface area contributed by atoms with Gasteiger partial charge in [0.2, 0.25) is 5.91 Å². The molecule has 0 fully saturated rings. The van der Waals surface area contributed by atoms with Gasteiger partial charge in [-0.25, -0.2) is 4.79 Å². The number of aryl methyl sites for hydroxylation is 3. The molecule has 0 aliphatic carbocycles. The van der Waals surface area contributed by atoms with E-state index in [-0.39, 0.29) is 24.6 Å². The fraction of sp³-hybridized carbons (Fsp3) is 0.364. The number of rotatable bonds is 9. The van der Waals surface area contributed by atoms with E-state index in [0.29, 0.717) is 11.3 Å². The second kappa shape index (κ2) is 13.4. The van der Waals surface area contributed by atoms with Crippen LogP contribution in [0.25, 0.3) is 0 Å². The number of likely N-dealkylation sites (N-methyl/N-ethyl adjacent to an activating group) is 1. The maximum atomic E-state index is 14.3. The molecule has 3 aromatic carbocycles. The number of carbonyl (C=O) groups excluding carboxylic acids is 3. The maximum Gasteiger partial charge on any atom is 0.408 e. The quantitative estimate of drug-likeness (QED) is 0.299. The zero-order chi connectivity index (χ0) is 30.3. The van der Waals surface area contributed by atoms with Gasteiger partial charge in [0.15, 0.2) is 0 Å². The van der Waals surface area contributed by atoms with Gasteiger partial charge in [-0.05, 0) is 82.9 Å². The van der Waals surface area contributed by atoms with Gasteiger partial charge < -0.3 is 25.4 Å². The lowest BCUT2D eigenvalue weighted by Crippen LogP contribution is -2.53. The highest BCUT2D eigenvalue weighted by Gasteiger charge is 2.36. The normalized spacial score (nSPS) is 12.7. The molecular weight excluding hydrogens is 518 g/mol. The molecule has 2 unspecified atom stereocenters. The molecule has 0 aromatic heterocycles. The predicted octanol–water partition coefficient (Wildman–Crippen LogP) is 5.98. The second-order valence-corrected chi connectivity index (χ2v) is 11.3. The molecular formula is C33H41N3O5. The summed E-state index contributed by atoms with van der Waals surface area (Å²) < 4.78 is 5.46. The molecule has 0 aliphatic rings. The number of nitrogens with one attached hydrogen (secondary N) is 2. The van der Waals surface area contributed by atoms with Gasteiger partial charge in [-0.2, -0.15) is 0 Å². The summed E-state index contributed by atoms with van der Waals surface area (Å²) in [6.07, 6.45) is -0.605. The molecule has 3 aromatic rings. The fourth-order valence-corrected chi connectivity index (χ4v) is 4.70. The van der Waals surface area contributed by atoms with Crippen LogP contribution < -0.4 is 10.6 Å². The molecule has 8 heteroatoms. The van der Waals surface area contributed by atoms with Gasteiger partial charge in [-0.3, -0.25) is 9.59 Å². The van der Waals surface area contributed by atoms with Crippen molar-refractivity contribution < 1.29 is 24.2 Å². The number of nitrogens with zero attached hydrogens (tertiary/aromatic N) is 1. The number of hydrogen-bond donors (Lipinski definition) is 3. The Labute approximate surface area is 242 Å². The zero-order valence-electron chi connectivity index (χ0n) is 24.9. The Morgan fingerprint density at radius 3 is 2.10 bits per heavy atom. The van der Waals surface area contributed by atoms with Crippen molar-refractivity contribution in [2.75, 3.05) is 11.9 Å². The first-order valence-electron chi connectivity index (χ1n) is 13.8. The minimum Gasteiger partial charge on any atom is -0.508 e. The average molecular weight is 560 g/mol. The SMILES string of the molecule is CCN(C(=O)C(Cc1ccc(O)cc1)NC(=O)OC(C)(C)C)C(C(=O)Nc1c(C)cccc1C)c1cccc(C)c1. The molecule has 0 saturated heterocycles. The lowest BCUT2D eigenvalue weighted by Gasteiger charge is -2.34. The molecule has 0 radical (unpaired) electrons. The molecule has 3 amide bonds. The number of aromatic hydroxyl groups is 1. The maximum absolute atomic E-state index is 14.3. The molecule has 0 bridgehead atoms. The van der Waals surface area contributed by atoms with Gasteiger partial charge in [0.05, 0.1) is 0 Å². The van der Waals surface area contributed by atoms with Crippen LogP contribution in [-0.2, 0) is 20.7 Å². The highest BCUT2D eigenvalue weighted by atomic mass is 16.6. The molecule has 0 heterocycles. The monoisotopic (exact) mass is 559 g/mol. The summed E-state index contributed by atoms with van der Waals surface area (Å²) in [7, 11) is 0. The third kappa shape index (κ3) is 8.58. The van der Waals surface area contributed by atoms with Crippen molar-refractivity contribution in [2.24, 2.45) is 0 Å². The van der Waals surface area contributed by atoms with E-state index in [9.17, 15) is 19.5 Å². The van der Waals surface area contributed by atoms with Crippen molar-refractivity contribution in [3.63, 3.8) is 0 Å². The summed E-state index contributed by atoms with van der Waals surface area (Å²) in [5.74, 6) is -0.701. The summed E-state index contributed by atoms with van der Waals surface area (Å²) in [6.45, 7) is 13.0. The number of hydrogen-bond acceptors (Lipinski definition) is 5. The van der Waals surface area contributed by atoms with Crippen molar-refractivity contribution in [3.8, 4) is 5.75 Å². The van der Waals surface area contributed by atoms with Crippen molar-refractivity contribution in [2.45, 2.75) is 72.6 Å². The van der Waals surface area contributed by atoms with Gasteiger partial charge >= 0.3 is 6.09 Å². The Morgan fingerprint density at radius 2 is 1.54 bits per heavy atom. The second-order valence-electron chi connectivity index (χ2n) is 11.3. The van der Waals surface area contributed by atoms with E-state index in [4.69, 9.17) is 4.74 Å². The largest absolute Gasteiger partial charge is 0.508 e. The van der Waals surface area contributed by atoms with E-state index in [0.717, 1.165) is 22.3 Å². The molecule has 3 N–H and O–H groups in total. The summed E-state index contributed by atoms with van der Waals surface area (Å²) in [4.78, 5) is 42.6. The van der Waals surface area contributed by atoms with Crippen LogP contribution in [0.15, 0.2) is 66.7 Å². The number of amides is 3. The number of benzene rings is 3. The smallest absolute Gasteiger partial charge is 0.408 e. The van der Waals surface area contributed by atoms with Crippen molar-refractivity contribution in [3.05, 3.63) is 94.5 Å². The number of phenols is 1. The van der Waals surface area contributed by atoms with E-state index in [1.54, 1.807) is 39.8 Å². The first-order valence-corrected chi connectivity index (χ1v) is 13.8. The van der Waals surface area contributed by atoms with Crippen molar-refractivity contribution >= 4 is 23.6 Å². The molecule has 0 saturated carbocycles. The number of anilines is 1. The topological polar surface area (TPSA) is 108 Å². The van der Waals surface area contributed by atoms with Gasteiger partial charge in [0.1, 0.15) is 23.4 Å². The van der Waals surface area contributed by atoms with Gasteiger partial charge in [0, 0.05) is 18.7 Å². The summed E-state index contributed by atoms with van der Waals surface area (Å²) in [5, 5.41) is 15.5. The molecule has 41 heavy (non-hydrogen) atoms. The third-order valence-corrected chi connectivity index (χ3v) is 6.64. The standard InChI is InChI=1S/C33H41N3O5/c1-8-36(31(39)27(34-32(40)41-33(5,6)7)20-24-15-17-26(37)18-16-24)29(25-14-9-11-21(2)19-25)30(38)35-28-22(3)12-10-13-23(28)4/h9-19,27,29,37H,8,20H2,1-7H3,(H,34,40)(H,35,38). The number of para-hydroxylation sites is 1. The highest BCUT2D eigenvalue weighted by molar-refractivity contribution is 6.00. The Balaban J connectivity index is 2.03. The molecule has 2 atom stereocenters. The van der Waals surface area contributed by atoms with Crippen LogP contribution in [0, 0.1) is 20.8 Å². The van der Waals surface area contributed by atoms with E-state index >= 15 is 0 Å². The lowest BCUT2D eigenvalue weighted by molar-refractivity contribution is -0.140. The Kier molecular flexibility index (Phi) is 10.2. The Bertz CT molecular complexity index is 1360. The van der Waals surface area contributed by atoms with Gasteiger partial charge in [-0.1, -0.05) is 60.2 Å². The van der Waals surface area contributed by atoms with Crippen LogP contribution in [0.3, 0.4) is 0 Å². The number of carbonyl (C=O) groups is 3. The average Bonchev–Trinajstić information content (AvgIpc) is 2.88. The van der Waals surface area contributed by atoms with Crippen LogP contribution >= 0.6 is 0 Å². The molecule has 3 rings (SSSR count). The van der Waals surface area contributed by atoms with Crippen molar-refractivity contribution in [1.82, 2.24) is 10.2 Å². The molecule has 0 aliphatic heterocycles. The van der Waals surface area contributed by atoms with E-state index < -0.39 is 29.7 Å². The number of alkyl carbamates (subject to hydrolysis) is 1. The third-order valence-electron chi connectivity index (χ3n) is 6.64. The van der Waals surface area contributed by atoms with Crippen LogP contribution in [-0.4, -0.2) is 46.1 Å². The first-order chi connectivity index (χ1) is 19.3. The van der Waals surface area contributed by atoms with Crippen LogP contribution in [0.5, 0.6) is 5.75 Å². The van der Waals surface area contributed by atoms with Gasteiger partial charge in [0.25, 0.3) is 5.91 Å². The Morgan fingerprint density at radius 1 is 0.927 bits per heavy atom. The van der Waals surface area contributed by atoms with E-state index in [1.165, 1.54) is 17.0 Å². The van der Waals surface area contributed by atoms with Crippen LogP contribution in [0.4, 0.5) is 10.5 Å². The van der Waals surface area contributed by atoms with Crippen LogP contribution in [0.2, 0.25) is 0 Å². The van der Waals surface area contributed by atoms with Crippen molar-refractivity contribution in [1.29, 1.82) is 0 Å².